The van der Waals surface area contributed by atoms with Crippen molar-refractivity contribution in [2.45, 2.75) is 57.9 Å². The molecule has 0 spiro atoms. The number of amides is 2. The van der Waals surface area contributed by atoms with Crippen LogP contribution >= 0.6 is 0 Å². The van der Waals surface area contributed by atoms with Crippen LogP contribution in [-0.2, 0) is 33.5 Å². The third kappa shape index (κ3) is 9.37. The van der Waals surface area contributed by atoms with E-state index in [0.717, 1.165) is 29.5 Å². The smallest absolute Gasteiger partial charge is 0.449 e. The Morgan fingerprint density at radius 1 is 1.10 bits per heavy atom. The number of hydrogen-bond donors (Lipinski definition) is 3. The minimum Gasteiger partial charge on any atom is -0.449 e. The van der Waals surface area contributed by atoms with Gasteiger partial charge < -0.3 is 29.7 Å². The highest BCUT2D eigenvalue weighted by atomic mass is 16.5. The van der Waals surface area contributed by atoms with E-state index >= 15 is 0 Å². The summed E-state index contributed by atoms with van der Waals surface area (Å²) >= 11 is 0. The van der Waals surface area contributed by atoms with Crippen LogP contribution in [0.5, 0.6) is 0 Å². The third-order valence-corrected chi connectivity index (χ3v) is 7.36. The van der Waals surface area contributed by atoms with E-state index in [0.29, 0.717) is 32.6 Å². The lowest BCUT2D eigenvalue weighted by Crippen LogP contribution is -2.48. The summed E-state index contributed by atoms with van der Waals surface area (Å²) in [7, 11) is -1.73. The summed E-state index contributed by atoms with van der Waals surface area (Å²) in [6.45, 7) is 5.84. The number of nitrogens with zero attached hydrogens (tertiary/aromatic N) is 2. The Kier molecular flexibility index (Phi) is 12.5. The fourth-order valence-electron chi connectivity index (χ4n) is 5.15. The lowest BCUT2D eigenvalue weighted by molar-refractivity contribution is -0.139. The van der Waals surface area contributed by atoms with Crippen LogP contribution in [0, 0.1) is 23.2 Å². The summed E-state index contributed by atoms with van der Waals surface area (Å²) in [4.78, 5) is 27.4. The molecule has 1 fully saturated rings. The first-order chi connectivity index (χ1) is 19.3. The molecule has 3 rings (SSSR count). The van der Waals surface area contributed by atoms with Gasteiger partial charge in [0.25, 0.3) is 0 Å². The van der Waals surface area contributed by atoms with Gasteiger partial charge in [-0.25, -0.2) is 4.79 Å². The highest BCUT2D eigenvalue weighted by Crippen LogP contribution is 2.24. The van der Waals surface area contributed by atoms with Crippen molar-refractivity contribution in [1.82, 2.24) is 10.2 Å². The number of hydrogen-bond acceptors (Lipinski definition) is 7. The average Bonchev–Trinajstić information content (AvgIpc) is 2.95. The molecule has 10 heteroatoms. The summed E-state index contributed by atoms with van der Waals surface area (Å²) in [5, 5.41) is 31.7. The van der Waals surface area contributed by atoms with Crippen LogP contribution in [0.4, 0.5) is 4.79 Å². The molecule has 1 aliphatic heterocycles. The molecule has 2 aromatic carbocycles. The van der Waals surface area contributed by atoms with Crippen molar-refractivity contribution < 1.29 is 29.1 Å². The molecule has 2 unspecified atom stereocenters. The number of carbonyl (C=O) groups excluding carboxylic acids is 2. The monoisotopic (exact) mass is 549 g/mol. The number of carbonyl (C=O) groups is 2. The zero-order chi connectivity index (χ0) is 28.9. The number of alkyl carbamates (subject to hydrolysis) is 1. The van der Waals surface area contributed by atoms with Gasteiger partial charge in [-0.2, -0.15) is 5.26 Å². The molecular weight excluding hydrogens is 509 g/mol. The number of rotatable bonds is 13. The van der Waals surface area contributed by atoms with Gasteiger partial charge in [0.05, 0.1) is 18.6 Å². The Morgan fingerprint density at radius 2 is 1.77 bits per heavy atom. The van der Waals surface area contributed by atoms with Gasteiger partial charge in [0.15, 0.2) is 0 Å². The molecule has 40 heavy (non-hydrogen) atoms. The van der Waals surface area contributed by atoms with Crippen molar-refractivity contribution in [2.75, 3.05) is 26.4 Å². The van der Waals surface area contributed by atoms with E-state index in [9.17, 15) is 24.9 Å². The maximum atomic E-state index is 13.3. The van der Waals surface area contributed by atoms with E-state index in [1.54, 1.807) is 0 Å². The van der Waals surface area contributed by atoms with Crippen molar-refractivity contribution in [3.05, 3.63) is 71.3 Å². The van der Waals surface area contributed by atoms with Crippen LogP contribution in [0.1, 0.15) is 43.4 Å². The normalized spacial score (nSPS) is 15.8. The van der Waals surface area contributed by atoms with E-state index in [2.05, 4.69) is 11.4 Å². The van der Waals surface area contributed by atoms with Crippen LogP contribution in [0.2, 0.25) is 0 Å². The highest BCUT2D eigenvalue weighted by molar-refractivity contribution is 6.43. The Labute approximate surface area is 237 Å². The van der Waals surface area contributed by atoms with E-state index in [-0.39, 0.29) is 30.9 Å². The van der Waals surface area contributed by atoms with Gasteiger partial charge in [0.1, 0.15) is 5.92 Å². The Hall–Kier alpha value is -3.39. The topological polar surface area (TPSA) is 132 Å². The Balaban J connectivity index is 1.51. The second-order valence-electron chi connectivity index (χ2n) is 10.3. The zero-order valence-electron chi connectivity index (χ0n) is 23.4. The first-order valence-corrected chi connectivity index (χ1v) is 14.0. The van der Waals surface area contributed by atoms with Crippen molar-refractivity contribution >= 4 is 19.1 Å². The number of nitrogens with one attached hydrogen (secondary N) is 1. The van der Waals surface area contributed by atoms with Crippen LogP contribution < -0.4 is 5.32 Å². The van der Waals surface area contributed by atoms with E-state index in [1.807, 2.05) is 73.3 Å². The highest BCUT2D eigenvalue weighted by Gasteiger charge is 2.33. The molecule has 3 N–H and O–H groups in total. The summed E-state index contributed by atoms with van der Waals surface area (Å²) in [6, 6.07) is 19.4. The van der Waals surface area contributed by atoms with Gasteiger partial charge in [0, 0.05) is 32.2 Å². The predicted octanol–water partition coefficient (Wildman–Crippen LogP) is 2.92. The molecule has 2 aromatic rings. The van der Waals surface area contributed by atoms with Crippen LogP contribution in [0.3, 0.4) is 0 Å². The molecule has 0 radical (unpaired) electrons. The summed E-state index contributed by atoms with van der Waals surface area (Å²) in [5.74, 6) is -1.91. The van der Waals surface area contributed by atoms with E-state index in [4.69, 9.17) is 9.47 Å². The van der Waals surface area contributed by atoms with E-state index in [1.165, 1.54) is 0 Å². The third-order valence-electron chi connectivity index (χ3n) is 7.36. The number of ether oxygens (including phenoxy) is 2. The number of benzene rings is 2. The van der Waals surface area contributed by atoms with Crippen molar-refractivity contribution in [2.24, 2.45) is 11.8 Å². The van der Waals surface area contributed by atoms with Crippen molar-refractivity contribution in [1.29, 1.82) is 5.26 Å². The molecule has 0 aliphatic carbocycles. The van der Waals surface area contributed by atoms with Gasteiger partial charge in [-0.15, -0.1) is 0 Å². The molecule has 9 nitrogen and oxygen atoms in total. The SMILES string of the molecule is CCN(C(=O)C(C#N)C(C)Cc1cccc(CCOC(=O)N[C@@H](Cc2ccccc2)B(O)O)c1)C1CCOCC1. The number of nitriles is 1. The Morgan fingerprint density at radius 3 is 2.42 bits per heavy atom. The fraction of sp³-hybridized carbons (Fsp3) is 0.500. The second-order valence-corrected chi connectivity index (χ2v) is 10.3. The van der Waals surface area contributed by atoms with Crippen LogP contribution in [0.15, 0.2) is 54.6 Å². The van der Waals surface area contributed by atoms with Crippen molar-refractivity contribution in [3.8, 4) is 6.07 Å². The molecule has 3 atom stereocenters. The first-order valence-electron chi connectivity index (χ1n) is 14.0. The molecule has 0 aromatic heterocycles. The van der Waals surface area contributed by atoms with Crippen LogP contribution in [0.25, 0.3) is 0 Å². The molecule has 1 saturated heterocycles. The molecule has 214 valence electrons. The summed E-state index contributed by atoms with van der Waals surface area (Å²) in [5.41, 5.74) is 2.82. The standard InChI is InChI=1S/C30H40BN3O6/c1-3-34(26-13-15-39-16-14-26)29(35)27(21-32)22(2)18-25-11-7-10-24(19-25)12-17-40-30(36)33-28(31(37)38)20-23-8-5-4-6-9-23/h4-11,19,22,26-28,37-38H,3,12-18,20H2,1-2H3,(H,33,36)/t22?,27?,28-/m0/s1. The van der Waals surface area contributed by atoms with Crippen molar-refractivity contribution in [3.63, 3.8) is 0 Å². The largest absolute Gasteiger partial charge is 0.475 e. The van der Waals surface area contributed by atoms with Crippen LogP contribution in [-0.4, -0.2) is 72.4 Å². The van der Waals surface area contributed by atoms with Gasteiger partial charge in [0.2, 0.25) is 5.91 Å². The molecule has 2 amide bonds. The molecule has 0 saturated carbocycles. The molecule has 1 aliphatic rings. The average molecular weight is 549 g/mol. The molecule has 1 heterocycles. The van der Waals surface area contributed by atoms with Gasteiger partial charge in [-0.1, -0.05) is 61.5 Å². The summed E-state index contributed by atoms with van der Waals surface area (Å²) < 4.78 is 10.7. The Bertz CT molecular complexity index is 1120. The lowest BCUT2D eigenvalue weighted by atomic mass is 9.76. The summed E-state index contributed by atoms with van der Waals surface area (Å²) in [6.07, 6.45) is 2.16. The maximum Gasteiger partial charge on any atom is 0.475 e. The predicted molar refractivity (Wildman–Crippen MR) is 152 cm³/mol. The maximum absolute atomic E-state index is 13.3. The van der Waals surface area contributed by atoms with Gasteiger partial charge in [-0.05, 0) is 55.2 Å². The first kappa shape index (κ1) is 31.1. The lowest BCUT2D eigenvalue weighted by Gasteiger charge is -2.35. The molecule has 0 bridgehead atoms. The van der Waals surface area contributed by atoms with Gasteiger partial charge >= 0.3 is 13.2 Å². The fourth-order valence-corrected chi connectivity index (χ4v) is 5.15. The minimum absolute atomic E-state index is 0.111. The van der Waals surface area contributed by atoms with E-state index < -0.39 is 25.1 Å². The molecular formula is C30H40BN3O6. The van der Waals surface area contributed by atoms with Gasteiger partial charge in [-0.3, -0.25) is 4.79 Å². The second kappa shape index (κ2) is 16.0. The zero-order valence-corrected chi connectivity index (χ0v) is 23.4. The quantitative estimate of drug-likeness (QED) is 0.328. The minimum atomic E-state index is -1.73.